The van der Waals surface area contributed by atoms with E-state index in [0.29, 0.717) is 4.88 Å². The molecule has 2 nitrogen and oxygen atoms in total. The summed E-state index contributed by atoms with van der Waals surface area (Å²) in [5, 5.41) is 8.74. The van der Waals surface area contributed by atoms with E-state index in [-0.39, 0.29) is 12.4 Å². The Morgan fingerprint density at radius 2 is 2.12 bits per heavy atom. The third-order valence-electron chi connectivity index (χ3n) is 2.27. The van der Waals surface area contributed by atoms with Crippen molar-refractivity contribution in [2.45, 2.75) is 6.54 Å². The second kappa shape index (κ2) is 4.44. The molecule has 80 valence electrons. The van der Waals surface area contributed by atoms with Gasteiger partial charge >= 0.3 is 0 Å². The third kappa shape index (κ3) is 1.96. The molecular weight excluding hydrogens is 223 g/mol. The molecule has 0 saturated carbocycles. The summed E-state index contributed by atoms with van der Waals surface area (Å²) in [6.45, 7) is 0.285. The zero-order valence-electron chi connectivity index (χ0n) is 8.40. The van der Waals surface area contributed by atoms with E-state index in [2.05, 4.69) is 6.07 Å². The second-order valence-corrected chi connectivity index (χ2v) is 4.37. The van der Waals surface area contributed by atoms with Crippen molar-refractivity contribution in [2.24, 2.45) is 5.73 Å². The van der Waals surface area contributed by atoms with Crippen LogP contribution in [0.5, 0.6) is 0 Å². The Morgan fingerprint density at radius 1 is 1.31 bits per heavy atom. The Kier molecular flexibility index (Phi) is 3.00. The van der Waals surface area contributed by atoms with Crippen molar-refractivity contribution in [3.8, 4) is 16.5 Å². The molecule has 0 spiro atoms. The van der Waals surface area contributed by atoms with Crippen LogP contribution in [0.25, 0.3) is 10.4 Å². The van der Waals surface area contributed by atoms with Crippen LogP contribution in [0.3, 0.4) is 0 Å². The summed E-state index contributed by atoms with van der Waals surface area (Å²) in [6.07, 6.45) is 0. The van der Waals surface area contributed by atoms with Gasteiger partial charge in [-0.25, -0.2) is 4.39 Å². The number of thiophene rings is 1. The first-order valence-electron chi connectivity index (χ1n) is 4.73. The number of rotatable bonds is 2. The molecule has 0 saturated heterocycles. The molecule has 0 bridgehead atoms. The van der Waals surface area contributed by atoms with E-state index in [0.717, 1.165) is 16.0 Å². The molecule has 0 unspecified atom stereocenters. The quantitative estimate of drug-likeness (QED) is 0.865. The van der Waals surface area contributed by atoms with E-state index < -0.39 is 0 Å². The minimum Gasteiger partial charge on any atom is -0.326 e. The molecule has 2 rings (SSSR count). The Morgan fingerprint density at radius 3 is 2.75 bits per heavy atom. The second-order valence-electron chi connectivity index (χ2n) is 3.28. The lowest BCUT2D eigenvalue weighted by molar-refractivity contribution is 0.626. The number of nitrogens with two attached hydrogens (primary N) is 1. The summed E-state index contributed by atoms with van der Waals surface area (Å²) in [7, 11) is 0. The monoisotopic (exact) mass is 232 g/mol. The lowest BCUT2D eigenvalue weighted by atomic mass is 10.1. The molecule has 4 heteroatoms. The van der Waals surface area contributed by atoms with Crippen LogP contribution < -0.4 is 5.73 Å². The van der Waals surface area contributed by atoms with Gasteiger partial charge < -0.3 is 5.73 Å². The van der Waals surface area contributed by atoms with E-state index in [1.54, 1.807) is 12.1 Å². The van der Waals surface area contributed by atoms with Crippen molar-refractivity contribution < 1.29 is 4.39 Å². The van der Waals surface area contributed by atoms with E-state index in [4.69, 9.17) is 11.0 Å². The van der Waals surface area contributed by atoms with Crippen LogP contribution in [0, 0.1) is 17.1 Å². The molecular formula is C12H9FN2S. The highest BCUT2D eigenvalue weighted by molar-refractivity contribution is 7.16. The number of hydrogen-bond donors (Lipinski definition) is 1. The standard InChI is InChI=1S/C12H9FN2S/c13-9-1-3-11(8(5-9)6-14)12-4-2-10(7-15)16-12/h1-5H,6,14H2. The predicted molar refractivity (Wildman–Crippen MR) is 62.3 cm³/mol. The van der Waals surface area contributed by atoms with Gasteiger partial charge in [-0.3, -0.25) is 0 Å². The van der Waals surface area contributed by atoms with E-state index in [1.165, 1.54) is 23.5 Å². The summed E-state index contributed by atoms with van der Waals surface area (Å²) in [6, 6.07) is 10.2. The minimum atomic E-state index is -0.290. The zero-order valence-corrected chi connectivity index (χ0v) is 9.22. The highest BCUT2D eigenvalue weighted by Gasteiger charge is 2.08. The Hall–Kier alpha value is -1.70. The van der Waals surface area contributed by atoms with E-state index in [9.17, 15) is 4.39 Å². The molecule has 0 radical (unpaired) electrons. The smallest absolute Gasteiger partial charge is 0.123 e. The largest absolute Gasteiger partial charge is 0.326 e. The topological polar surface area (TPSA) is 49.8 Å². The molecule has 16 heavy (non-hydrogen) atoms. The van der Waals surface area contributed by atoms with Gasteiger partial charge in [-0.2, -0.15) is 5.26 Å². The number of nitriles is 1. The summed E-state index contributed by atoms with van der Waals surface area (Å²) in [4.78, 5) is 1.58. The first-order chi connectivity index (χ1) is 7.74. The first kappa shape index (κ1) is 10.8. The first-order valence-corrected chi connectivity index (χ1v) is 5.55. The Bertz CT molecular complexity index is 554. The van der Waals surface area contributed by atoms with Crippen LogP contribution in [0.15, 0.2) is 30.3 Å². The van der Waals surface area contributed by atoms with Crippen LogP contribution in [0.4, 0.5) is 4.39 Å². The highest BCUT2D eigenvalue weighted by atomic mass is 32.1. The lowest BCUT2D eigenvalue weighted by Gasteiger charge is -2.05. The predicted octanol–water partition coefficient (Wildman–Crippen LogP) is 2.88. The Labute approximate surface area is 96.8 Å². The highest BCUT2D eigenvalue weighted by Crippen LogP contribution is 2.30. The van der Waals surface area contributed by atoms with Gasteiger partial charge in [-0.05, 0) is 35.4 Å². The van der Waals surface area contributed by atoms with Crippen molar-refractivity contribution in [3.05, 3.63) is 46.6 Å². The number of halogens is 1. The number of benzene rings is 1. The molecule has 0 aliphatic carbocycles. The van der Waals surface area contributed by atoms with Gasteiger partial charge in [0.05, 0.1) is 0 Å². The van der Waals surface area contributed by atoms with Gasteiger partial charge in [0, 0.05) is 11.4 Å². The Balaban J connectivity index is 2.51. The maximum atomic E-state index is 13.0. The maximum Gasteiger partial charge on any atom is 0.123 e. The molecule has 0 atom stereocenters. The molecule has 0 fully saturated rings. The van der Waals surface area contributed by atoms with Gasteiger partial charge in [-0.15, -0.1) is 11.3 Å². The average molecular weight is 232 g/mol. The van der Waals surface area contributed by atoms with Crippen LogP contribution in [-0.2, 0) is 6.54 Å². The molecule has 0 amide bonds. The normalized spacial score (nSPS) is 10.1. The summed E-state index contributed by atoms with van der Waals surface area (Å²) in [5.74, 6) is -0.290. The van der Waals surface area contributed by atoms with Crippen LogP contribution in [0.2, 0.25) is 0 Å². The zero-order chi connectivity index (χ0) is 11.5. The number of hydrogen-bond acceptors (Lipinski definition) is 3. The van der Waals surface area contributed by atoms with E-state index in [1.807, 2.05) is 6.07 Å². The third-order valence-corrected chi connectivity index (χ3v) is 3.29. The fraction of sp³-hybridized carbons (Fsp3) is 0.0833. The van der Waals surface area contributed by atoms with Crippen LogP contribution in [0.1, 0.15) is 10.4 Å². The van der Waals surface area contributed by atoms with Gasteiger partial charge in [0.15, 0.2) is 0 Å². The summed E-state index contributed by atoms with van der Waals surface area (Å²) < 4.78 is 13.0. The van der Waals surface area contributed by atoms with Crippen molar-refractivity contribution >= 4 is 11.3 Å². The maximum absolute atomic E-state index is 13.0. The SMILES string of the molecule is N#Cc1ccc(-c2ccc(F)cc2CN)s1. The summed E-state index contributed by atoms with van der Waals surface area (Å²) >= 11 is 1.38. The van der Waals surface area contributed by atoms with Crippen LogP contribution >= 0.6 is 11.3 Å². The molecule has 1 heterocycles. The van der Waals surface area contributed by atoms with Crippen molar-refractivity contribution in [1.82, 2.24) is 0 Å². The molecule has 2 aromatic rings. The lowest BCUT2D eigenvalue weighted by Crippen LogP contribution is -1.99. The molecule has 1 aromatic carbocycles. The van der Waals surface area contributed by atoms with E-state index >= 15 is 0 Å². The number of nitrogens with zero attached hydrogens (tertiary/aromatic N) is 1. The molecule has 1 aromatic heterocycles. The molecule has 0 aliphatic rings. The molecule has 0 aliphatic heterocycles. The van der Waals surface area contributed by atoms with Gasteiger partial charge in [0.25, 0.3) is 0 Å². The van der Waals surface area contributed by atoms with Crippen LogP contribution in [-0.4, -0.2) is 0 Å². The fourth-order valence-corrected chi connectivity index (χ4v) is 2.38. The van der Waals surface area contributed by atoms with Crippen molar-refractivity contribution in [2.75, 3.05) is 0 Å². The summed E-state index contributed by atoms with van der Waals surface area (Å²) in [5.41, 5.74) is 7.22. The van der Waals surface area contributed by atoms with Crippen molar-refractivity contribution in [3.63, 3.8) is 0 Å². The van der Waals surface area contributed by atoms with Gasteiger partial charge in [0.1, 0.15) is 16.8 Å². The average Bonchev–Trinajstić information content (AvgIpc) is 2.77. The minimum absolute atomic E-state index is 0.285. The molecule has 2 N–H and O–H groups in total. The van der Waals surface area contributed by atoms with Gasteiger partial charge in [-0.1, -0.05) is 6.07 Å². The van der Waals surface area contributed by atoms with Gasteiger partial charge in [0.2, 0.25) is 0 Å². The van der Waals surface area contributed by atoms with Crippen molar-refractivity contribution in [1.29, 1.82) is 5.26 Å². The fourth-order valence-electron chi connectivity index (χ4n) is 1.51.